The Labute approximate surface area is 138 Å². The van der Waals surface area contributed by atoms with Gasteiger partial charge in [-0.15, -0.1) is 6.58 Å². The number of cyclic esters (lactones) is 1. The Morgan fingerprint density at radius 3 is 2.70 bits per heavy atom. The van der Waals surface area contributed by atoms with Crippen molar-refractivity contribution in [2.75, 3.05) is 6.61 Å². The van der Waals surface area contributed by atoms with Crippen LogP contribution in [0.5, 0.6) is 0 Å². The van der Waals surface area contributed by atoms with Crippen LogP contribution in [0.25, 0.3) is 0 Å². The van der Waals surface area contributed by atoms with E-state index in [2.05, 4.69) is 6.58 Å². The van der Waals surface area contributed by atoms with Gasteiger partial charge in [0.05, 0.1) is 6.04 Å². The molecule has 0 aromatic heterocycles. The molecule has 1 saturated heterocycles. The molecule has 0 aliphatic carbocycles. The fourth-order valence-electron chi connectivity index (χ4n) is 2.84. The Morgan fingerprint density at radius 1 is 1.22 bits per heavy atom. The lowest BCUT2D eigenvalue weighted by Gasteiger charge is -2.19. The van der Waals surface area contributed by atoms with Gasteiger partial charge in [-0.3, -0.25) is 4.79 Å². The van der Waals surface area contributed by atoms with Gasteiger partial charge in [-0.25, -0.2) is 9.69 Å². The van der Waals surface area contributed by atoms with E-state index in [9.17, 15) is 9.59 Å². The SMILES string of the molecule is C=CCCCCCCC(=O)N1C(=O)OC[C@@H]1Cc1ccccc1. The van der Waals surface area contributed by atoms with Gasteiger partial charge in [0.25, 0.3) is 0 Å². The van der Waals surface area contributed by atoms with Crippen LogP contribution in [0.15, 0.2) is 43.0 Å². The molecule has 4 heteroatoms. The summed E-state index contributed by atoms with van der Waals surface area (Å²) in [6.45, 7) is 3.99. The summed E-state index contributed by atoms with van der Waals surface area (Å²) >= 11 is 0. The topological polar surface area (TPSA) is 46.6 Å². The van der Waals surface area contributed by atoms with Crippen molar-refractivity contribution in [2.45, 2.75) is 51.0 Å². The van der Waals surface area contributed by atoms with E-state index >= 15 is 0 Å². The second kappa shape index (κ2) is 9.13. The number of carbonyl (C=O) groups excluding carboxylic acids is 2. The van der Waals surface area contributed by atoms with Crippen molar-refractivity contribution in [2.24, 2.45) is 0 Å². The number of carbonyl (C=O) groups is 2. The van der Waals surface area contributed by atoms with Crippen LogP contribution < -0.4 is 0 Å². The van der Waals surface area contributed by atoms with Gasteiger partial charge in [0.1, 0.15) is 6.61 Å². The van der Waals surface area contributed by atoms with Crippen molar-refractivity contribution in [3.63, 3.8) is 0 Å². The van der Waals surface area contributed by atoms with E-state index < -0.39 is 6.09 Å². The zero-order valence-corrected chi connectivity index (χ0v) is 13.6. The van der Waals surface area contributed by atoms with Crippen molar-refractivity contribution < 1.29 is 14.3 Å². The summed E-state index contributed by atoms with van der Waals surface area (Å²) in [5.74, 6) is -0.114. The van der Waals surface area contributed by atoms with Gasteiger partial charge in [0.15, 0.2) is 0 Å². The van der Waals surface area contributed by atoms with Gasteiger partial charge in [-0.1, -0.05) is 49.2 Å². The lowest BCUT2D eigenvalue weighted by Crippen LogP contribution is -2.40. The number of hydrogen-bond acceptors (Lipinski definition) is 3. The van der Waals surface area contributed by atoms with E-state index in [1.807, 2.05) is 36.4 Å². The molecule has 0 spiro atoms. The molecule has 1 aromatic rings. The predicted octanol–water partition coefficient (Wildman–Crippen LogP) is 4.10. The number of benzene rings is 1. The first-order chi connectivity index (χ1) is 11.2. The summed E-state index contributed by atoms with van der Waals surface area (Å²) in [5.41, 5.74) is 1.11. The van der Waals surface area contributed by atoms with Crippen LogP contribution in [0.1, 0.15) is 44.1 Å². The highest BCUT2D eigenvalue weighted by atomic mass is 16.6. The van der Waals surface area contributed by atoms with Crippen LogP contribution in [0.4, 0.5) is 4.79 Å². The van der Waals surface area contributed by atoms with Crippen molar-refractivity contribution in [1.29, 1.82) is 0 Å². The first-order valence-corrected chi connectivity index (χ1v) is 8.36. The molecule has 2 rings (SSSR count). The lowest BCUT2D eigenvalue weighted by atomic mass is 10.0. The minimum atomic E-state index is -0.498. The Hall–Kier alpha value is -2.10. The normalized spacial score (nSPS) is 17.1. The maximum absolute atomic E-state index is 12.4. The quantitative estimate of drug-likeness (QED) is 0.509. The van der Waals surface area contributed by atoms with Gasteiger partial charge in [-0.2, -0.15) is 0 Å². The van der Waals surface area contributed by atoms with Gasteiger partial charge in [0, 0.05) is 6.42 Å². The average Bonchev–Trinajstić information content (AvgIpc) is 2.92. The summed E-state index contributed by atoms with van der Waals surface area (Å²) < 4.78 is 5.09. The first kappa shape index (κ1) is 17.3. The van der Waals surface area contributed by atoms with Gasteiger partial charge in [-0.05, 0) is 31.2 Å². The molecule has 0 unspecified atom stereocenters. The van der Waals surface area contributed by atoms with Crippen LogP contribution in [0.3, 0.4) is 0 Å². The Bertz CT molecular complexity index is 527. The molecule has 124 valence electrons. The number of imide groups is 1. The van der Waals surface area contributed by atoms with E-state index in [-0.39, 0.29) is 11.9 Å². The number of hydrogen-bond donors (Lipinski definition) is 0. The van der Waals surface area contributed by atoms with Crippen LogP contribution >= 0.6 is 0 Å². The van der Waals surface area contributed by atoms with Crippen molar-refractivity contribution in [1.82, 2.24) is 4.90 Å². The zero-order chi connectivity index (χ0) is 16.5. The second-order valence-corrected chi connectivity index (χ2v) is 5.93. The van der Waals surface area contributed by atoms with Crippen LogP contribution in [-0.4, -0.2) is 29.5 Å². The molecule has 1 fully saturated rings. The average molecular weight is 315 g/mol. The maximum atomic E-state index is 12.4. The predicted molar refractivity (Wildman–Crippen MR) is 90.0 cm³/mol. The number of rotatable bonds is 9. The highest BCUT2D eigenvalue weighted by molar-refractivity contribution is 5.93. The van der Waals surface area contributed by atoms with Crippen molar-refractivity contribution >= 4 is 12.0 Å². The summed E-state index contributed by atoms with van der Waals surface area (Å²) in [6, 6.07) is 9.70. The number of amides is 2. The summed E-state index contributed by atoms with van der Waals surface area (Å²) in [5, 5.41) is 0. The smallest absolute Gasteiger partial charge is 0.416 e. The van der Waals surface area contributed by atoms with Crippen LogP contribution in [0, 0.1) is 0 Å². The number of allylic oxidation sites excluding steroid dienone is 1. The number of nitrogens with zero attached hydrogens (tertiary/aromatic N) is 1. The largest absolute Gasteiger partial charge is 0.447 e. The zero-order valence-electron chi connectivity index (χ0n) is 13.6. The third kappa shape index (κ3) is 5.23. The third-order valence-corrected chi connectivity index (χ3v) is 4.09. The molecular weight excluding hydrogens is 290 g/mol. The summed E-state index contributed by atoms with van der Waals surface area (Å²) in [6.07, 6.45) is 7.53. The van der Waals surface area contributed by atoms with Gasteiger partial charge >= 0.3 is 6.09 Å². The van der Waals surface area contributed by atoms with E-state index in [4.69, 9.17) is 4.74 Å². The molecular formula is C19H25NO3. The van der Waals surface area contributed by atoms with E-state index in [0.717, 1.165) is 37.7 Å². The molecule has 0 bridgehead atoms. The van der Waals surface area contributed by atoms with E-state index in [1.54, 1.807) is 0 Å². The molecule has 1 aromatic carbocycles. The third-order valence-electron chi connectivity index (χ3n) is 4.09. The minimum Gasteiger partial charge on any atom is -0.447 e. The van der Waals surface area contributed by atoms with Crippen molar-refractivity contribution in [3.8, 4) is 0 Å². The highest BCUT2D eigenvalue weighted by Crippen LogP contribution is 2.19. The lowest BCUT2D eigenvalue weighted by molar-refractivity contribution is -0.129. The number of ether oxygens (including phenoxy) is 1. The summed E-state index contributed by atoms with van der Waals surface area (Å²) in [7, 11) is 0. The fourth-order valence-corrected chi connectivity index (χ4v) is 2.84. The van der Waals surface area contributed by atoms with E-state index in [1.165, 1.54) is 4.90 Å². The second-order valence-electron chi connectivity index (χ2n) is 5.93. The Kier molecular flexibility index (Phi) is 6.85. The minimum absolute atomic E-state index is 0.114. The van der Waals surface area contributed by atoms with E-state index in [0.29, 0.717) is 19.4 Å². The molecule has 2 amide bonds. The molecule has 1 aliphatic rings. The van der Waals surface area contributed by atoms with Gasteiger partial charge in [0.2, 0.25) is 5.91 Å². The Balaban J connectivity index is 1.81. The molecule has 0 N–H and O–H groups in total. The Morgan fingerprint density at radius 2 is 1.96 bits per heavy atom. The molecule has 1 atom stereocenters. The molecule has 23 heavy (non-hydrogen) atoms. The fraction of sp³-hybridized carbons (Fsp3) is 0.474. The maximum Gasteiger partial charge on any atom is 0.416 e. The van der Waals surface area contributed by atoms with Gasteiger partial charge < -0.3 is 4.74 Å². The van der Waals surface area contributed by atoms with Crippen LogP contribution in [0.2, 0.25) is 0 Å². The molecule has 1 aliphatic heterocycles. The standard InChI is InChI=1S/C19H25NO3/c1-2-3-4-5-6-10-13-18(21)20-17(15-23-19(20)22)14-16-11-8-7-9-12-16/h2,7-9,11-12,17H,1,3-6,10,13-15H2/t17-/m0/s1. The molecule has 1 heterocycles. The highest BCUT2D eigenvalue weighted by Gasteiger charge is 2.37. The monoisotopic (exact) mass is 315 g/mol. The van der Waals surface area contributed by atoms with Crippen LogP contribution in [-0.2, 0) is 16.0 Å². The molecule has 0 saturated carbocycles. The first-order valence-electron chi connectivity index (χ1n) is 8.36. The molecule has 4 nitrogen and oxygen atoms in total. The summed E-state index contributed by atoms with van der Waals surface area (Å²) in [4.78, 5) is 25.5. The molecule has 0 radical (unpaired) electrons. The van der Waals surface area contributed by atoms with Crippen molar-refractivity contribution in [3.05, 3.63) is 48.6 Å². The number of unbranched alkanes of at least 4 members (excludes halogenated alkanes) is 4.